The lowest BCUT2D eigenvalue weighted by Crippen LogP contribution is -2.30. The molecule has 0 spiro atoms. The van der Waals surface area contributed by atoms with Gasteiger partial charge >= 0.3 is 6.18 Å². The number of anilines is 2. The molecular formula is C24H27F5N4O4S. The van der Waals surface area contributed by atoms with Crippen LogP contribution in [0.4, 0.5) is 33.5 Å². The molecular weight excluding hydrogens is 535 g/mol. The van der Waals surface area contributed by atoms with E-state index in [9.17, 15) is 40.9 Å². The van der Waals surface area contributed by atoms with Gasteiger partial charge in [-0.15, -0.1) is 0 Å². The number of nitrogens with one attached hydrogen (secondary N) is 1. The number of aromatic nitrogens is 1. The van der Waals surface area contributed by atoms with Crippen molar-refractivity contribution in [2.45, 2.75) is 56.2 Å². The van der Waals surface area contributed by atoms with E-state index in [2.05, 4.69) is 14.7 Å². The Morgan fingerprint density at radius 2 is 1.92 bits per heavy atom. The van der Waals surface area contributed by atoms with Gasteiger partial charge in [0.25, 0.3) is 11.8 Å². The van der Waals surface area contributed by atoms with Gasteiger partial charge in [0.2, 0.25) is 5.92 Å². The number of benzene rings is 1. The van der Waals surface area contributed by atoms with Gasteiger partial charge in [0.1, 0.15) is 11.9 Å². The minimum atomic E-state index is -4.82. The SMILES string of the molecule is Cc1c(C(F)(F)F)cnc(N2CCCC(F)(F)CC2)c1C(=O)Nc1cccc(S(C)(=O)=NC(=O)C(C)O)c1. The van der Waals surface area contributed by atoms with Gasteiger partial charge in [-0.3, -0.25) is 9.59 Å². The maximum Gasteiger partial charge on any atom is 0.418 e. The Hall–Kier alpha value is -3.13. The molecule has 1 aliphatic heterocycles. The van der Waals surface area contributed by atoms with Gasteiger partial charge in [-0.05, 0) is 44.0 Å². The Bertz CT molecular complexity index is 1350. The number of hydrogen-bond acceptors (Lipinski definition) is 6. The second-order valence-electron chi connectivity index (χ2n) is 9.08. The lowest BCUT2D eigenvalue weighted by atomic mass is 10.0. The third-order valence-corrected chi connectivity index (χ3v) is 7.68. The fourth-order valence-electron chi connectivity index (χ4n) is 3.97. The molecule has 14 heteroatoms. The molecule has 1 aromatic carbocycles. The normalized spacial score (nSPS) is 18.2. The van der Waals surface area contributed by atoms with Crippen LogP contribution < -0.4 is 10.2 Å². The number of nitrogens with zero attached hydrogens (tertiary/aromatic N) is 3. The average Bonchev–Trinajstić information content (AvgIpc) is 2.98. The zero-order valence-electron chi connectivity index (χ0n) is 20.8. The van der Waals surface area contributed by atoms with Crippen molar-refractivity contribution in [2.75, 3.05) is 29.6 Å². The number of carbonyl (C=O) groups excluding carboxylic acids is 2. The first-order valence-electron chi connectivity index (χ1n) is 11.6. The summed E-state index contributed by atoms with van der Waals surface area (Å²) in [5.41, 5.74) is -1.97. The van der Waals surface area contributed by atoms with E-state index in [4.69, 9.17) is 0 Å². The number of aliphatic hydroxyl groups excluding tert-OH is 1. The highest BCUT2D eigenvalue weighted by Crippen LogP contribution is 2.37. The smallest absolute Gasteiger partial charge is 0.383 e. The van der Waals surface area contributed by atoms with Gasteiger partial charge in [0, 0.05) is 49.0 Å². The molecule has 0 bridgehead atoms. The quantitative estimate of drug-likeness (QED) is 0.514. The fourth-order valence-corrected chi connectivity index (χ4v) is 5.24. The molecule has 1 aromatic heterocycles. The molecule has 1 aliphatic rings. The molecule has 2 N–H and O–H groups in total. The van der Waals surface area contributed by atoms with Crippen molar-refractivity contribution < 1.29 is 40.9 Å². The Morgan fingerprint density at radius 1 is 1.24 bits per heavy atom. The van der Waals surface area contributed by atoms with Gasteiger partial charge in [-0.25, -0.2) is 18.0 Å². The predicted octanol–water partition coefficient (Wildman–Crippen LogP) is 4.65. The number of alkyl halides is 5. The number of hydrogen-bond donors (Lipinski definition) is 2. The first kappa shape index (κ1) is 29.4. The summed E-state index contributed by atoms with van der Waals surface area (Å²) in [6, 6.07) is 5.39. The summed E-state index contributed by atoms with van der Waals surface area (Å²) < 4.78 is 85.2. The molecule has 1 saturated heterocycles. The molecule has 8 nitrogen and oxygen atoms in total. The van der Waals surface area contributed by atoms with Crippen LogP contribution >= 0.6 is 0 Å². The summed E-state index contributed by atoms with van der Waals surface area (Å²) in [6.07, 6.45) is -5.44. The predicted molar refractivity (Wildman–Crippen MR) is 131 cm³/mol. The van der Waals surface area contributed by atoms with E-state index in [0.29, 0.717) is 6.20 Å². The minimum absolute atomic E-state index is 0.0261. The number of pyridine rings is 1. The van der Waals surface area contributed by atoms with Crippen molar-refractivity contribution in [2.24, 2.45) is 4.36 Å². The van der Waals surface area contributed by atoms with Gasteiger partial charge in [-0.2, -0.15) is 17.5 Å². The first-order chi connectivity index (χ1) is 17.5. The molecule has 3 rings (SSSR count). The van der Waals surface area contributed by atoms with Crippen LogP contribution in [0.2, 0.25) is 0 Å². The van der Waals surface area contributed by atoms with Crippen LogP contribution in [0.5, 0.6) is 0 Å². The van der Waals surface area contributed by atoms with Crippen molar-refractivity contribution in [3.63, 3.8) is 0 Å². The minimum Gasteiger partial charge on any atom is -0.383 e. The highest BCUT2D eigenvalue weighted by Gasteiger charge is 2.38. The number of rotatable bonds is 5. The van der Waals surface area contributed by atoms with Crippen molar-refractivity contribution in [1.82, 2.24) is 4.98 Å². The Balaban J connectivity index is 2.03. The third-order valence-electron chi connectivity index (χ3n) is 6.02. The Morgan fingerprint density at radius 3 is 2.55 bits per heavy atom. The third kappa shape index (κ3) is 6.84. The summed E-state index contributed by atoms with van der Waals surface area (Å²) in [7, 11) is -3.33. The molecule has 0 saturated carbocycles. The topological polar surface area (TPSA) is 112 Å². The van der Waals surface area contributed by atoms with E-state index >= 15 is 0 Å². The average molecular weight is 563 g/mol. The van der Waals surface area contributed by atoms with Crippen molar-refractivity contribution in [1.29, 1.82) is 0 Å². The van der Waals surface area contributed by atoms with Crippen LogP contribution in [0, 0.1) is 6.92 Å². The lowest BCUT2D eigenvalue weighted by molar-refractivity contribution is -0.138. The molecule has 2 amide bonds. The molecule has 38 heavy (non-hydrogen) atoms. The second kappa shape index (κ2) is 10.9. The zero-order chi connectivity index (χ0) is 28.5. The summed E-state index contributed by atoms with van der Waals surface area (Å²) in [4.78, 5) is 30.4. The zero-order valence-corrected chi connectivity index (χ0v) is 21.6. The molecule has 2 aromatic rings. The molecule has 1 fully saturated rings. The number of halogens is 5. The number of aliphatic hydroxyl groups is 1. The second-order valence-corrected chi connectivity index (χ2v) is 11.3. The van der Waals surface area contributed by atoms with E-state index in [-0.39, 0.29) is 35.9 Å². The van der Waals surface area contributed by atoms with Crippen LogP contribution in [0.25, 0.3) is 0 Å². The number of amides is 2. The largest absolute Gasteiger partial charge is 0.418 e. The highest BCUT2D eigenvalue weighted by atomic mass is 32.2. The molecule has 0 radical (unpaired) electrons. The van der Waals surface area contributed by atoms with Crippen LogP contribution in [-0.4, -0.2) is 57.5 Å². The maximum atomic E-state index is 13.9. The lowest BCUT2D eigenvalue weighted by Gasteiger charge is -2.26. The summed E-state index contributed by atoms with van der Waals surface area (Å²) in [5.74, 6) is -5.08. The summed E-state index contributed by atoms with van der Waals surface area (Å²) >= 11 is 0. The molecule has 2 atom stereocenters. The number of carbonyl (C=O) groups is 2. The highest BCUT2D eigenvalue weighted by molar-refractivity contribution is 7.93. The van der Waals surface area contributed by atoms with Gasteiger partial charge < -0.3 is 15.3 Å². The van der Waals surface area contributed by atoms with Crippen molar-refractivity contribution in [3.8, 4) is 0 Å². The van der Waals surface area contributed by atoms with E-state index < -0.39 is 69.3 Å². The Kier molecular flexibility index (Phi) is 8.46. The van der Waals surface area contributed by atoms with E-state index in [0.717, 1.165) is 20.1 Å². The van der Waals surface area contributed by atoms with E-state index in [1.165, 1.54) is 29.2 Å². The van der Waals surface area contributed by atoms with Crippen molar-refractivity contribution in [3.05, 3.63) is 47.2 Å². The van der Waals surface area contributed by atoms with Gasteiger partial charge in [-0.1, -0.05) is 6.07 Å². The molecule has 2 heterocycles. The fraction of sp³-hybridized carbons (Fsp3) is 0.458. The van der Waals surface area contributed by atoms with E-state index in [1.54, 1.807) is 0 Å². The Labute approximate surface area is 216 Å². The maximum absolute atomic E-state index is 13.9. The van der Waals surface area contributed by atoms with Gasteiger partial charge in [0.05, 0.1) is 20.9 Å². The van der Waals surface area contributed by atoms with Crippen molar-refractivity contribution >= 4 is 33.0 Å². The van der Waals surface area contributed by atoms with E-state index in [1.807, 2.05) is 0 Å². The van der Waals surface area contributed by atoms with Gasteiger partial charge in [0.15, 0.2) is 0 Å². The first-order valence-corrected chi connectivity index (χ1v) is 13.5. The van der Waals surface area contributed by atoms with Crippen LogP contribution in [0.3, 0.4) is 0 Å². The van der Waals surface area contributed by atoms with Crippen LogP contribution in [0.15, 0.2) is 39.7 Å². The molecule has 0 aliphatic carbocycles. The standard InChI is InChI=1S/C24H27F5N4O4S/c1-14-18(24(27,28)29)13-30-20(33-10-5-8-23(25,26)9-11-33)19(14)22(36)31-16-6-4-7-17(12-16)38(3,37)32-21(35)15(2)34/h4,6-7,12-13,15,34H,5,8-11H2,1-3H3,(H,31,36). The molecule has 208 valence electrons. The van der Waals surface area contributed by atoms with Crippen LogP contribution in [0.1, 0.15) is 47.7 Å². The molecule has 2 unspecified atom stereocenters. The summed E-state index contributed by atoms with van der Waals surface area (Å²) in [5, 5.41) is 11.8. The van der Waals surface area contributed by atoms with Crippen LogP contribution in [-0.2, 0) is 20.7 Å². The monoisotopic (exact) mass is 562 g/mol. The summed E-state index contributed by atoms with van der Waals surface area (Å²) in [6.45, 7) is 2.12.